The Morgan fingerprint density at radius 1 is 1.12 bits per heavy atom. The van der Waals surface area contributed by atoms with Crippen LogP contribution in [0.5, 0.6) is 0 Å². The fourth-order valence-corrected chi connectivity index (χ4v) is 3.57. The van der Waals surface area contributed by atoms with Crippen LogP contribution in [-0.2, 0) is 16.0 Å². The van der Waals surface area contributed by atoms with Crippen molar-refractivity contribution in [2.45, 2.75) is 57.6 Å². The van der Waals surface area contributed by atoms with Gasteiger partial charge in [0.15, 0.2) is 0 Å². The van der Waals surface area contributed by atoms with Crippen molar-refractivity contribution in [2.24, 2.45) is 0 Å². The SMILES string of the molecule is CC(C)(C)OC(=O)c1ccc(C[C@H](C(=O)O)c2ccc(Br)cc2)cc1.OC[C@H]1CCCN1. The normalized spacial score (nSPS) is 16.6. The minimum Gasteiger partial charge on any atom is -0.481 e. The van der Waals surface area contributed by atoms with Gasteiger partial charge in [-0.05, 0) is 82.0 Å². The molecule has 6 nitrogen and oxygen atoms in total. The number of aliphatic hydroxyl groups excluding tert-OH is 1. The van der Waals surface area contributed by atoms with Gasteiger partial charge in [0.05, 0.1) is 18.1 Å². The van der Waals surface area contributed by atoms with Crippen LogP contribution in [0.3, 0.4) is 0 Å². The molecular formula is C25H32BrNO5. The topological polar surface area (TPSA) is 95.9 Å². The minimum atomic E-state index is -0.876. The number of carbonyl (C=O) groups is 2. The molecule has 1 saturated heterocycles. The smallest absolute Gasteiger partial charge is 0.338 e. The van der Waals surface area contributed by atoms with Gasteiger partial charge in [0, 0.05) is 10.5 Å². The summed E-state index contributed by atoms with van der Waals surface area (Å²) in [6, 6.07) is 14.6. The molecule has 0 unspecified atom stereocenters. The Labute approximate surface area is 198 Å². The van der Waals surface area contributed by atoms with Gasteiger partial charge >= 0.3 is 11.9 Å². The number of hydrogen-bond acceptors (Lipinski definition) is 5. The number of carboxylic acid groups (broad SMARTS) is 1. The lowest BCUT2D eigenvalue weighted by Crippen LogP contribution is -2.24. The minimum absolute atomic E-state index is 0.306. The third-order valence-corrected chi connectivity index (χ3v) is 5.51. The summed E-state index contributed by atoms with van der Waals surface area (Å²) in [5, 5.41) is 21.2. The largest absolute Gasteiger partial charge is 0.481 e. The van der Waals surface area contributed by atoms with Crippen molar-refractivity contribution < 1.29 is 24.5 Å². The Morgan fingerprint density at radius 3 is 2.19 bits per heavy atom. The molecule has 0 amide bonds. The van der Waals surface area contributed by atoms with Crippen LogP contribution in [0.4, 0.5) is 0 Å². The summed E-state index contributed by atoms with van der Waals surface area (Å²) in [5.41, 5.74) is 1.50. The second-order valence-electron chi connectivity index (χ2n) is 8.82. The fourth-order valence-electron chi connectivity index (χ4n) is 3.31. The molecule has 2 aromatic rings. The van der Waals surface area contributed by atoms with Crippen LogP contribution in [0.25, 0.3) is 0 Å². The number of halogens is 1. The van der Waals surface area contributed by atoms with E-state index < -0.39 is 17.5 Å². The van der Waals surface area contributed by atoms with Gasteiger partial charge in [-0.25, -0.2) is 4.79 Å². The van der Waals surface area contributed by atoms with E-state index in [0.717, 1.165) is 28.6 Å². The molecule has 3 rings (SSSR count). The number of rotatable bonds is 6. The van der Waals surface area contributed by atoms with Gasteiger partial charge in [0.1, 0.15) is 5.60 Å². The zero-order chi connectivity index (χ0) is 23.7. The van der Waals surface area contributed by atoms with E-state index in [9.17, 15) is 14.7 Å². The Bertz CT molecular complexity index is 869. The summed E-state index contributed by atoms with van der Waals surface area (Å²) in [6.45, 7) is 6.84. The average molecular weight is 506 g/mol. The molecule has 2 atom stereocenters. The van der Waals surface area contributed by atoms with Crippen molar-refractivity contribution in [2.75, 3.05) is 13.2 Å². The van der Waals surface area contributed by atoms with Crippen LogP contribution < -0.4 is 5.32 Å². The lowest BCUT2D eigenvalue weighted by atomic mass is 9.92. The van der Waals surface area contributed by atoms with Gasteiger partial charge in [-0.1, -0.05) is 40.2 Å². The molecule has 0 aromatic heterocycles. The van der Waals surface area contributed by atoms with Crippen molar-refractivity contribution in [3.05, 3.63) is 69.7 Å². The van der Waals surface area contributed by atoms with Gasteiger partial charge in [0.25, 0.3) is 0 Å². The first-order valence-electron chi connectivity index (χ1n) is 10.7. The molecule has 0 radical (unpaired) electrons. The van der Waals surface area contributed by atoms with E-state index in [0.29, 0.717) is 24.6 Å². The third kappa shape index (κ3) is 8.73. The molecule has 3 N–H and O–H groups in total. The van der Waals surface area contributed by atoms with Crippen molar-refractivity contribution in [1.82, 2.24) is 5.32 Å². The Morgan fingerprint density at radius 2 is 1.75 bits per heavy atom. The predicted octanol–water partition coefficient (Wildman–Crippen LogP) is 4.55. The number of esters is 1. The van der Waals surface area contributed by atoms with Crippen LogP contribution in [0, 0.1) is 0 Å². The molecule has 1 aliphatic rings. The molecule has 174 valence electrons. The number of nitrogens with one attached hydrogen (secondary N) is 1. The third-order valence-electron chi connectivity index (χ3n) is 4.98. The molecule has 1 aliphatic heterocycles. The first-order valence-corrected chi connectivity index (χ1v) is 11.5. The molecule has 1 fully saturated rings. The second kappa shape index (κ2) is 12.1. The molecule has 7 heteroatoms. The van der Waals surface area contributed by atoms with E-state index >= 15 is 0 Å². The van der Waals surface area contributed by atoms with Crippen LogP contribution >= 0.6 is 15.9 Å². The highest BCUT2D eigenvalue weighted by Crippen LogP contribution is 2.24. The van der Waals surface area contributed by atoms with Crippen molar-refractivity contribution in [3.63, 3.8) is 0 Å². The van der Waals surface area contributed by atoms with Gasteiger partial charge in [-0.15, -0.1) is 0 Å². The maximum atomic E-state index is 12.0. The zero-order valence-electron chi connectivity index (χ0n) is 18.8. The van der Waals surface area contributed by atoms with Crippen molar-refractivity contribution in [1.29, 1.82) is 0 Å². The molecule has 0 aliphatic carbocycles. The zero-order valence-corrected chi connectivity index (χ0v) is 20.4. The van der Waals surface area contributed by atoms with Gasteiger partial charge in [0.2, 0.25) is 0 Å². The number of aliphatic hydroxyl groups is 1. The standard InChI is InChI=1S/C20H21BrO4.C5H11NO/c1-20(2,3)25-19(24)15-6-4-13(5-7-15)12-17(18(22)23)14-8-10-16(21)11-9-14;7-4-5-2-1-3-6-5/h4-11,17H,12H2,1-3H3,(H,22,23);5-7H,1-4H2/t17-;5-/m01/s1. The molecule has 0 bridgehead atoms. The Balaban J connectivity index is 0.000000439. The molecule has 32 heavy (non-hydrogen) atoms. The summed E-state index contributed by atoms with van der Waals surface area (Å²) < 4.78 is 6.23. The quantitative estimate of drug-likeness (QED) is 0.498. The maximum Gasteiger partial charge on any atom is 0.338 e. The van der Waals surface area contributed by atoms with Crippen LogP contribution in [0.2, 0.25) is 0 Å². The van der Waals surface area contributed by atoms with Gasteiger partial charge in [-0.3, -0.25) is 4.79 Å². The summed E-state index contributed by atoms with van der Waals surface area (Å²) in [5.74, 6) is -1.90. The lowest BCUT2D eigenvalue weighted by Gasteiger charge is -2.19. The number of carboxylic acids is 1. The highest BCUT2D eigenvalue weighted by Gasteiger charge is 2.21. The number of benzene rings is 2. The van der Waals surface area contributed by atoms with Gasteiger partial charge < -0.3 is 20.3 Å². The number of carbonyl (C=O) groups excluding carboxylic acids is 1. The molecule has 1 heterocycles. The Hall–Kier alpha value is -2.22. The van der Waals surface area contributed by atoms with E-state index in [1.165, 1.54) is 6.42 Å². The first kappa shape index (κ1) is 26.0. The monoisotopic (exact) mass is 505 g/mol. The maximum absolute atomic E-state index is 12.0. The highest BCUT2D eigenvalue weighted by molar-refractivity contribution is 9.10. The molecule has 0 spiro atoms. The van der Waals surface area contributed by atoms with Crippen LogP contribution in [0.1, 0.15) is 61.0 Å². The van der Waals surface area contributed by atoms with Crippen molar-refractivity contribution in [3.8, 4) is 0 Å². The number of hydrogen-bond donors (Lipinski definition) is 3. The summed E-state index contributed by atoms with van der Waals surface area (Å²) in [7, 11) is 0. The van der Waals surface area contributed by atoms with E-state index in [2.05, 4.69) is 21.2 Å². The number of ether oxygens (including phenoxy) is 1. The van der Waals surface area contributed by atoms with Crippen LogP contribution in [0.15, 0.2) is 53.0 Å². The van der Waals surface area contributed by atoms with E-state index in [1.807, 2.05) is 32.9 Å². The highest BCUT2D eigenvalue weighted by atomic mass is 79.9. The summed E-state index contributed by atoms with van der Waals surface area (Å²) in [4.78, 5) is 23.7. The second-order valence-corrected chi connectivity index (χ2v) is 9.74. The fraction of sp³-hybridized carbons (Fsp3) is 0.440. The summed E-state index contributed by atoms with van der Waals surface area (Å²) >= 11 is 3.35. The van der Waals surface area contributed by atoms with Crippen molar-refractivity contribution >= 4 is 27.9 Å². The predicted molar refractivity (Wildman–Crippen MR) is 128 cm³/mol. The first-order chi connectivity index (χ1) is 15.1. The van der Waals surface area contributed by atoms with Gasteiger partial charge in [-0.2, -0.15) is 0 Å². The molecule has 2 aromatic carbocycles. The van der Waals surface area contributed by atoms with E-state index in [-0.39, 0.29) is 5.97 Å². The van der Waals surface area contributed by atoms with Crippen LogP contribution in [-0.4, -0.2) is 46.9 Å². The average Bonchev–Trinajstić information content (AvgIpc) is 3.26. The lowest BCUT2D eigenvalue weighted by molar-refractivity contribution is -0.138. The summed E-state index contributed by atoms with van der Waals surface area (Å²) in [6.07, 6.45) is 2.73. The molecular weight excluding hydrogens is 474 g/mol. The Kier molecular flexibility index (Phi) is 9.87. The number of aliphatic carboxylic acids is 1. The molecule has 0 saturated carbocycles. The van der Waals surface area contributed by atoms with E-state index in [4.69, 9.17) is 9.84 Å². The van der Waals surface area contributed by atoms with E-state index in [1.54, 1.807) is 36.4 Å².